The first-order valence-electron chi connectivity index (χ1n) is 10.9. The average molecular weight is 399 g/mol. The van der Waals surface area contributed by atoms with Crippen LogP contribution < -0.4 is 10.6 Å². The van der Waals surface area contributed by atoms with Crippen molar-refractivity contribution in [2.24, 2.45) is 4.99 Å². The Labute approximate surface area is 173 Å². The lowest BCUT2D eigenvalue weighted by molar-refractivity contribution is -0.130. The van der Waals surface area contributed by atoms with Crippen molar-refractivity contribution in [3.8, 4) is 0 Å². The monoisotopic (exact) mass is 398 g/mol. The number of aryl methyl sites for hydroxylation is 1. The number of aromatic nitrogens is 2. The van der Waals surface area contributed by atoms with Crippen molar-refractivity contribution in [1.29, 1.82) is 0 Å². The molecule has 0 aliphatic carbocycles. The number of nitrogens with zero attached hydrogens (tertiary/aromatic N) is 4. The molecule has 2 N–H and O–H groups in total. The molecule has 0 bridgehead atoms. The highest BCUT2D eigenvalue weighted by molar-refractivity contribution is 5.80. The van der Waals surface area contributed by atoms with Crippen molar-refractivity contribution >= 4 is 22.9 Å². The molecule has 0 radical (unpaired) electrons. The molecule has 1 aromatic carbocycles. The maximum Gasteiger partial charge on any atom is 0.222 e. The number of hydrogen-bond donors (Lipinski definition) is 2. The van der Waals surface area contributed by atoms with E-state index >= 15 is 0 Å². The number of para-hydroxylation sites is 2. The molecular formula is C22H34N6O. The van der Waals surface area contributed by atoms with Crippen molar-refractivity contribution in [1.82, 2.24) is 25.1 Å². The molecule has 1 aliphatic heterocycles. The zero-order valence-electron chi connectivity index (χ0n) is 17.8. The topological polar surface area (TPSA) is 74.6 Å². The van der Waals surface area contributed by atoms with E-state index in [0.717, 1.165) is 74.8 Å². The van der Waals surface area contributed by atoms with Gasteiger partial charge < -0.3 is 20.1 Å². The van der Waals surface area contributed by atoms with Crippen molar-refractivity contribution in [3.63, 3.8) is 0 Å². The van der Waals surface area contributed by atoms with Crippen LogP contribution in [0.4, 0.5) is 0 Å². The highest BCUT2D eigenvalue weighted by Gasteiger charge is 2.15. The van der Waals surface area contributed by atoms with Gasteiger partial charge in [-0.2, -0.15) is 0 Å². The Hall–Kier alpha value is -2.57. The van der Waals surface area contributed by atoms with E-state index in [2.05, 4.69) is 38.2 Å². The van der Waals surface area contributed by atoms with Gasteiger partial charge in [-0.15, -0.1) is 0 Å². The fourth-order valence-electron chi connectivity index (χ4n) is 3.83. The molecule has 1 aromatic heterocycles. The van der Waals surface area contributed by atoms with Crippen LogP contribution in [-0.4, -0.2) is 59.0 Å². The molecule has 1 amide bonds. The second-order valence-corrected chi connectivity index (χ2v) is 7.53. The Morgan fingerprint density at radius 3 is 2.90 bits per heavy atom. The second-order valence-electron chi connectivity index (χ2n) is 7.53. The third kappa shape index (κ3) is 5.95. The number of hydrogen-bond acceptors (Lipinski definition) is 3. The lowest BCUT2D eigenvalue weighted by atomic mass is 10.2. The first-order chi connectivity index (χ1) is 14.2. The Morgan fingerprint density at radius 2 is 2.03 bits per heavy atom. The number of nitrogens with one attached hydrogen (secondary N) is 2. The number of carbonyl (C=O) groups excluding carboxylic acids is 1. The maximum atomic E-state index is 12.1. The third-order valence-electron chi connectivity index (χ3n) is 5.34. The van der Waals surface area contributed by atoms with Crippen molar-refractivity contribution in [2.45, 2.75) is 52.5 Å². The molecule has 1 fully saturated rings. The SMILES string of the molecule is CCNC(=NCCCN1CCCCCC1=O)NCCn1c(C)nc2ccccc21. The lowest BCUT2D eigenvalue weighted by Gasteiger charge is -2.20. The second kappa shape index (κ2) is 10.8. The molecule has 1 aliphatic rings. The predicted octanol–water partition coefficient (Wildman–Crippen LogP) is 2.69. The van der Waals surface area contributed by atoms with Gasteiger partial charge in [0.1, 0.15) is 5.82 Å². The Kier molecular flexibility index (Phi) is 7.90. The van der Waals surface area contributed by atoms with Crippen LogP contribution in [0, 0.1) is 6.92 Å². The van der Waals surface area contributed by atoms with Gasteiger partial charge in [0.25, 0.3) is 0 Å². The fraction of sp³-hybridized carbons (Fsp3) is 0.591. The molecule has 0 unspecified atom stereocenters. The minimum atomic E-state index is 0.305. The van der Waals surface area contributed by atoms with E-state index in [1.807, 2.05) is 30.0 Å². The van der Waals surface area contributed by atoms with Crippen LogP contribution in [0.2, 0.25) is 0 Å². The van der Waals surface area contributed by atoms with Crippen molar-refractivity contribution in [2.75, 3.05) is 32.7 Å². The molecule has 0 atom stereocenters. The van der Waals surface area contributed by atoms with Crippen molar-refractivity contribution < 1.29 is 4.79 Å². The maximum absolute atomic E-state index is 12.1. The van der Waals surface area contributed by atoms with E-state index in [0.29, 0.717) is 18.9 Å². The van der Waals surface area contributed by atoms with E-state index < -0.39 is 0 Å². The quantitative estimate of drug-likeness (QED) is 0.407. The number of imidazole rings is 1. The van der Waals surface area contributed by atoms with Crippen LogP contribution >= 0.6 is 0 Å². The highest BCUT2D eigenvalue weighted by Crippen LogP contribution is 2.15. The molecule has 2 heterocycles. The van der Waals surface area contributed by atoms with Crippen LogP contribution in [0.15, 0.2) is 29.3 Å². The molecule has 7 heteroatoms. The summed E-state index contributed by atoms with van der Waals surface area (Å²) in [5.74, 6) is 2.16. The number of carbonyl (C=O) groups is 1. The van der Waals surface area contributed by atoms with Gasteiger partial charge in [-0.1, -0.05) is 18.6 Å². The Balaban J connectivity index is 1.47. The minimum Gasteiger partial charge on any atom is -0.357 e. The van der Waals surface area contributed by atoms with Crippen LogP contribution in [0.3, 0.4) is 0 Å². The Bertz CT molecular complexity index is 828. The molecule has 2 aromatic rings. The van der Waals surface area contributed by atoms with E-state index in [1.165, 1.54) is 6.42 Å². The minimum absolute atomic E-state index is 0.305. The molecule has 7 nitrogen and oxygen atoms in total. The number of fused-ring (bicyclic) bond motifs is 1. The van der Waals surface area contributed by atoms with Crippen LogP contribution in [-0.2, 0) is 11.3 Å². The molecule has 0 saturated carbocycles. The molecule has 158 valence electrons. The van der Waals surface area contributed by atoms with E-state index in [1.54, 1.807) is 0 Å². The number of amides is 1. The van der Waals surface area contributed by atoms with Crippen molar-refractivity contribution in [3.05, 3.63) is 30.1 Å². The van der Waals surface area contributed by atoms with Gasteiger partial charge in [0.05, 0.1) is 11.0 Å². The summed E-state index contributed by atoms with van der Waals surface area (Å²) in [5.41, 5.74) is 2.20. The van der Waals surface area contributed by atoms with Gasteiger partial charge in [0.15, 0.2) is 5.96 Å². The molecular weight excluding hydrogens is 364 g/mol. The molecule has 29 heavy (non-hydrogen) atoms. The number of aliphatic imine (C=N–C) groups is 1. The first-order valence-corrected chi connectivity index (χ1v) is 10.9. The van der Waals surface area contributed by atoms with Gasteiger partial charge >= 0.3 is 0 Å². The number of rotatable bonds is 8. The third-order valence-corrected chi connectivity index (χ3v) is 5.34. The zero-order chi connectivity index (χ0) is 20.5. The van der Waals surface area contributed by atoms with E-state index in [9.17, 15) is 4.79 Å². The summed E-state index contributed by atoms with van der Waals surface area (Å²) in [6.07, 6.45) is 4.93. The summed E-state index contributed by atoms with van der Waals surface area (Å²) < 4.78 is 2.23. The predicted molar refractivity (Wildman–Crippen MR) is 118 cm³/mol. The van der Waals surface area contributed by atoms with Gasteiger partial charge in [-0.05, 0) is 45.2 Å². The first kappa shape index (κ1) is 21.1. The average Bonchev–Trinajstić information content (AvgIpc) is 2.89. The smallest absolute Gasteiger partial charge is 0.222 e. The fourth-order valence-corrected chi connectivity index (χ4v) is 3.83. The summed E-state index contributed by atoms with van der Waals surface area (Å²) in [6, 6.07) is 8.23. The van der Waals surface area contributed by atoms with Crippen LogP contribution in [0.25, 0.3) is 11.0 Å². The summed E-state index contributed by atoms with van der Waals surface area (Å²) >= 11 is 0. The molecule has 3 rings (SSSR count). The van der Waals surface area contributed by atoms with Gasteiger partial charge in [0.2, 0.25) is 5.91 Å². The summed E-state index contributed by atoms with van der Waals surface area (Å²) in [5, 5.41) is 6.72. The summed E-state index contributed by atoms with van der Waals surface area (Å²) in [4.78, 5) is 23.4. The highest BCUT2D eigenvalue weighted by atomic mass is 16.2. The van der Waals surface area contributed by atoms with Gasteiger partial charge in [0, 0.05) is 45.7 Å². The van der Waals surface area contributed by atoms with Gasteiger partial charge in [-0.3, -0.25) is 9.79 Å². The molecule has 1 saturated heterocycles. The summed E-state index contributed by atoms with van der Waals surface area (Å²) in [6.45, 7) is 8.97. The van der Waals surface area contributed by atoms with Crippen LogP contribution in [0.1, 0.15) is 44.9 Å². The van der Waals surface area contributed by atoms with Gasteiger partial charge in [-0.25, -0.2) is 4.98 Å². The largest absolute Gasteiger partial charge is 0.357 e. The number of benzene rings is 1. The lowest BCUT2D eigenvalue weighted by Crippen LogP contribution is -2.39. The Morgan fingerprint density at radius 1 is 1.17 bits per heavy atom. The normalized spacial score (nSPS) is 15.6. The van der Waals surface area contributed by atoms with E-state index in [-0.39, 0.29) is 0 Å². The molecule has 0 spiro atoms. The number of guanidine groups is 1. The standard InChI is InChI=1S/C22H34N6O/c1-3-23-22(24-13-9-16-27-15-8-4-5-12-21(27)29)25-14-17-28-18(2)26-19-10-6-7-11-20(19)28/h6-7,10-11H,3-5,8-9,12-17H2,1-2H3,(H2,23,24,25). The summed E-state index contributed by atoms with van der Waals surface area (Å²) in [7, 11) is 0. The zero-order valence-corrected chi connectivity index (χ0v) is 17.8. The number of likely N-dealkylation sites (tertiary alicyclic amines) is 1. The van der Waals surface area contributed by atoms with E-state index in [4.69, 9.17) is 0 Å². The van der Waals surface area contributed by atoms with Crippen LogP contribution in [0.5, 0.6) is 0 Å².